The molecule has 19 heavy (non-hydrogen) atoms. The van der Waals surface area contributed by atoms with E-state index in [0.29, 0.717) is 11.3 Å². The summed E-state index contributed by atoms with van der Waals surface area (Å²) in [5, 5.41) is 4.78. The van der Waals surface area contributed by atoms with Crippen molar-refractivity contribution in [2.45, 2.75) is 6.92 Å². The summed E-state index contributed by atoms with van der Waals surface area (Å²) in [6, 6.07) is 8.30. The normalized spacial score (nSPS) is 11.1. The number of para-hydroxylation sites is 1. The summed E-state index contributed by atoms with van der Waals surface area (Å²) in [6.07, 6.45) is 6.45. The summed E-state index contributed by atoms with van der Waals surface area (Å²) in [7, 11) is 0. The molecule has 0 unspecified atom stereocenters. The number of carbonyl (C=O) groups is 2. The van der Waals surface area contributed by atoms with Crippen LogP contribution in [-0.2, 0) is 4.79 Å². The van der Waals surface area contributed by atoms with Gasteiger partial charge >= 0.3 is 6.03 Å². The second kappa shape index (κ2) is 7.66. The SMILES string of the molecule is C=C/C(=C\C=C/C)C(=O)NC(=O)Nc1ccccc1. The topological polar surface area (TPSA) is 58.2 Å². The molecule has 0 bridgehead atoms. The molecule has 0 aliphatic rings. The van der Waals surface area contributed by atoms with Gasteiger partial charge in [-0.15, -0.1) is 0 Å². The minimum absolute atomic E-state index is 0.321. The molecule has 0 saturated heterocycles. The number of hydrogen-bond acceptors (Lipinski definition) is 2. The summed E-state index contributed by atoms with van der Waals surface area (Å²) in [5.41, 5.74) is 0.937. The number of nitrogens with one attached hydrogen (secondary N) is 2. The molecule has 0 fully saturated rings. The fourth-order valence-corrected chi connectivity index (χ4v) is 1.30. The average Bonchev–Trinajstić information content (AvgIpc) is 2.40. The van der Waals surface area contributed by atoms with Crippen LogP contribution >= 0.6 is 0 Å². The highest BCUT2D eigenvalue weighted by Gasteiger charge is 2.09. The standard InChI is InChI=1S/C15H16N2O2/c1-3-5-9-12(4-2)14(18)17-15(19)16-13-10-7-6-8-11-13/h3-11H,2H2,1H3,(H2,16,17,18,19)/b5-3-,12-9+. The van der Waals surface area contributed by atoms with Gasteiger partial charge in [-0.3, -0.25) is 10.1 Å². The molecule has 1 rings (SSSR count). The van der Waals surface area contributed by atoms with Gasteiger partial charge in [0.25, 0.3) is 5.91 Å². The van der Waals surface area contributed by atoms with E-state index in [9.17, 15) is 9.59 Å². The Balaban J connectivity index is 2.61. The van der Waals surface area contributed by atoms with Crippen LogP contribution in [0.2, 0.25) is 0 Å². The third-order valence-electron chi connectivity index (χ3n) is 2.21. The number of imide groups is 1. The van der Waals surface area contributed by atoms with Gasteiger partial charge in [-0.2, -0.15) is 0 Å². The van der Waals surface area contributed by atoms with Crippen molar-refractivity contribution in [3.63, 3.8) is 0 Å². The third kappa shape index (κ3) is 5.04. The Bertz CT molecular complexity index is 516. The van der Waals surface area contributed by atoms with E-state index in [-0.39, 0.29) is 0 Å². The fourth-order valence-electron chi connectivity index (χ4n) is 1.30. The van der Waals surface area contributed by atoms with Gasteiger partial charge in [-0.25, -0.2) is 4.79 Å². The van der Waals surface area contributed by atoms with Gasteiger partial charge in [0, 0.05) is 11.3 Å². The maximum absolute atomic E-state index is 11.7. The average molecular weight is 256 g/mol. The Morgan fingerprint density at radius 3 is 2.47 bits per heavy atom. The number of hydrogen-bond donors (Lipinski definition) is 2. The van der Waals surface area contributed by atoms with Crippen LogP contribution in [0, 0.1) is 0 Å². The first-order valence-electron chi connectivity index (χ1n) is 5.80. The number of benzene rings is 1. The highest BCUT2D eigenvalue weighted by molar-refractivity contribution is 6.08. The van der Waals surface area contributed by atoms with Crippen molar-refractivity contribution >= 4 is 17.6 Å². The van der Waals surface area contributed by atoms with E-state index in [2.05, 4.69) is 17.2 Å². The van der Waals surface area contributed by atoms with Gasteiger partial charge in [0.05, 0.1) is 0 Å². The van der Waals surface area contributed by atoms with Crippen LogP contribution in [0.1, 0.15) is 6.92 Å². The summed E-state index contributed by atoms with van der Waals surface area (Å²) < 4.78 is 0. The third-order valence-corrected chi connectivity index (χ3v) is 2.21. The number of anilines is 1. The first-order chi connectivity index (χ1) is 9.17. The Morgan fingerprint density at radius 1 is 1.21 bits per heavy atom. The lowest BCUT2D eigenvalue weighted by atomic mass is 10.2. The Kier molecular flexibility index (Phi) is 5.82. The number of allylic oxidation sites excluding steroid dienone is 3. The van der Waals surface area contributed by atoms with E-state index in [1.54, 1.807) is 42.5 Å². The van der Waals surface area contributed by atoms with Gasteiger partial charge < -0.3 is 5.32 Å². The molecule has 2 N–H and O–H groups in total. The van der Waals surface area contributed by atoms with Gasteiger partial charge in [-0.1, -0.05) is 43.0 Å². The van der Waals surface area contributed by atoms with Crippen molar-refractivity contribution in [2.24, 2.45) is 0 Å². The predicted molar refractivity (Wildman–Crippen MR) is 76.7 cm³/mol. The number of urea groups is 1. The molecule has 1 aromatic carbocycles. The van der Waals surface area contributed by atoms with E-state index in [1.807, 2.05) is 13.0 Å². The molecular weight excluding hydrogens is 240 g/mol. The van der Waals surface area contributed by atoms with Crippen LogP contribution < -0.4 is 10.6 Å². The second-order valence-corrected chi connectivity index (χ2v) is 3.63. The lowest BCUT2D eigenvalue weighted by molar-refractivity contribution is -0.116. The maximum atomic E-state index is 11.7. The molecule has 4 nitrogen and oxygen atoms in total. The summed E-state index contributed by atoms with van der Waals surface area (Å²) in [4.78, 5) is 23.3. The zero-order chi connectivity index (χ0) is 14.1. The zero-order valence-electron chi connectivity index (χ0n) is 10.7. The van der Waals surface area contributed by atoms with Gasteiger partial charge in [0.1, 0.15) is 0 Å². The molecule has 98 valence electrons. The summed E-state index contributed by atoms with van der Waals surface area (Å²) >= 11 is 0. The van der Waals surface area contributed by atoms with Crippen LogP contribution in [-0.4, -0.2) is 11.9 Å². The molecule has 4 heteroatoms. The van der Waals surface area contributed by atoms with Crippen LogP contribution in [0.4, 0.5) is 10.5 Å². The van der Waals surface area contributed by atoms with Gasteiger partial charge in [-0.05, 0) is 25.1 Å². The Hall–Kier alpha value is -2.62. The first-order valence-corrected chi connectivity index (χ1v) is 5.80. The molecule has 1 aromatic rings. The molecule has 0 atom stereocenters. The summed E-state index contributed by atoms with van der Waals surface area (Å²) in [5.74, 6) is -0.499. The Morgan fingerprint density at radius 2 is 1.89 bits per heavy atom. The van der Waals surface area contributed by atoms with E-state index < -0.39 is 11.9 Å². The maximum Gasteiger partial charge on any atom is 0.326 e. The van der Waals surface area contributed by atoms with E-state index in [0.717, 1.165) is 0 Å². The number of rotatable bonds is 4. The lowest BCUT2D eigenvalue weighted by Gasteiger charge is -2.06. The highest BCUT2D eigenvalue weighted by atomic mass is 16.2. The largest absolute Gasteiger partial charge is 0.326 e. The molecule has 0 aliphatic heterocycles. The number of carbonyl (C=O) groups excluding carboxylic acids is 2. The van der Waals surface area contributed by atoms with Crippen LogP contribution in [0.5, 0.6) is 0 Å². The first kappa shape index (κ1) is 14.4. The van der Waals surface area contributed by atoms with Crippen LogP contribution in [0.15, 0.2) is 66.8 Å². The molecule has 0 radical (unpaired) electrons. The Labute approximate surface area is 112 Å². The van der Waals surface area contributed by atoms with E-state index in [1.165, 1.54) is 6.08 Å². The van der Waals surface area contributed by atoms with Crippen LogP contribution in [0.25, 0.3) is 0 Å². The monoisotopic (exact) mass is 256 g/mol. The molecule has 0 aliphatic carbocycles. The molecule has 0 aromatic heterocycles. The van der Waals surface area contributed by atoms with Crippen molar-refractivity contribution in [3.05, 3.63) is 66.8 Å². The highest BCUT2D eigenvalue weighted by Crippen LogP contribution is 2.04. The molecular formula is C15H16N2O2. The molecule has 0 heterocycles. The van der Waals surface area contributed by atoms with Crippen molar-refractivity contribution in [1.82, 2.24) is 5.32 Å². The minimum Gasteiger partial charge on any atom is -0.308 e. The van der Waals surface area contributed by atoms with Crippen molar-refractivity contribution < 1.29 is 9.59 Å². The number of amides is 3. The van der Waals surface area contributed by atoms with E-state index in [4.69, 9.17) is 0 Å². The lowest BCUT2D eigenvalue weighted by Crippen LogP contribution is -2.34. The summed E-state index contributed by atoms with van der Waals surface area (Å²) in [6.45, 7) is 5.36. The second-order valence-electron chi connectivity index (χ2n) is 3.63. The quantitative estimate of drug-likeness (QED) is 0.642. The molecule has 3 amide bonds. The van der Waals surface area contributed by atoms with E-state index >= 15 is 0 Å². The zero-order valence-corrected chi connectivity index (χ0v) is 10.7. The van der Waals surface area contributed by atoms with Crippen LogP contribution in [0.3, 0.4) is 0 Å². The smallest absolute Gasteiger partial charge is 0.308 e. The predicted octanol–water partition coefficient (Wildman–Crippen LogP) is 3.02. The van der Waals surface area contributed by atoms with Crippen molar-refractivity contribution in [2.75, 3.05) is 5.32 Å². The van der Waals surface area contributed by atoms with Gasteiger partial charge in [0.2, 0.25) is 0 Å². The van der Waals surface area contributed by atoms with Crippen molar-refractivity contribution in [3.8, 4) is 0 Å². The van der Waals surface area contributed by atoms with Crippen molar-refractivity contribution in [1.29, 1.82) is 0 Å². The van der Waals surface area contributed by atoms with Gasteiger partial charge in [0.15, 0.2) is 0 Å². The fraction of sp³-hybridized carbons (Fsp3) is 0.0667. The molecule has 0 saturated carbocycles. The molecule has 0 spiro atoms. The minimum atomic E-state index is -0.579.